The van der Waals surface area contributed by atoms with Crippen molar-refractivity contribution in [3.63, 3.8) is 0 Å². The molecule has 1 saturated carbocycles. The van der Waals surface area contributed by atoms with Crippen LogP contribution in [0.3, 0.4) is 0 Å². The van der Waals surface area contributed by atoms with E-state index >= 15 is 0 Å². The van der Waals surface area contributed by atoms with Crippen LogP contribution in [0.15, 0.2) is 42.5 Å². The highest BCUT2D eigenvalue weighted by Gasteiger charge is 2.42. The third-order valence-corrected chi connectivity index (χ3v) is 5.60. The number of benzene rings is 2. The van der Waals surface area contributed by atoms with Gasteiger partial charge >= 0.3 is 6.18 Å². The lowest BCUT2D eigenvalue weighted by atomic mass is 9.92. The molecule has 0 bridgehead atoms. The molecule has 4 nitrogen and oxygen atoms in total. The van der Waals surface area contributed by atoms with Crippen molar-refractivity contribution in [1.82, 2.24) is 4.98 Å². The fourth-order valence-corrected chi connectivity index (χ4v) is 3.93. The van der Waals surface area contributed by atoms with Gasteiger partial charge in [-0.2, -0.15) is 17.6 Å². The summed E-state index contributed by atoms with van der Waals surface area (Å²) in [5.41, 5.74) is 0.414. The van der Waals surface area contributed by atoms with Gasteiger partial charge in [0.1, 0.15) is 11.5 Å². The Morgan fingerprint density at radius 1 is 1.06 bits per heavy atom. The van der Waals surface area contributed by atoms with Crippen LogP contribution in [0.1, 0.15) is 57.1 Å². The first kappa shape index (κ1) is 22.8. The molecule has 2 aromatic carbocycles. The van der Waals surface area contributed by atoms with Gasteiger partial charge in [-0.15, -0.1) is 0 Å². The van der Waals surface area contributed by atoms with Gasteiger partial charge in [-0.05, 0) is 86.6 Å². The van der Waals surface area contributed by atoms with E-state index in [1.165, 1.54) is 26.0 Å². The highest BCUT2D eigenvalue weighted by Crippen LogP contribution is 2.50. The fraction of sp³-hybridized carbons (Fsp3) is 0.280. The Morgan fingerprint density at radius 3 is 2.39 bits per heavy atom. The topological polar surface area (TPSA) is 51.2 Å². The van der Waals surface area contributed by atoms with Gasteiger partial charge in [0.2, 0.25) is 5.95 Å². The van der Waals surface area contributed by atoms with Crippen LogP contribution in [0.25, 0.3) is 0 Å². The zero-order valence-corrected chi connectivity index (χ0v) is 18.3. The number of alkyl halides is 3. The van der Waals surface area contributed by atoms with Gasteiger partial charge in [0.15, 0.2) is 0 Å². The molecule has 1 N–H and O–H groups in total. The summed E-state index contributed by atoms with van der Waals surface area (Å²) < 4.78 is 61.5. The summed E-state index contributed by atoms with van der Waals surface area (Å²) in [6.07, 6.45) is -3.37. The second kappa shape index (κ2) is 8.50. The average molecular weight is 458 g/mol. The van der Waals surface area contributed by atoms with E-state index in [1.807, 2.05) is 13.0 Å². The van der Waals surface area contributed by atoms with E-state index in [4.69, 9.17) is 4.74 Å². The van der Waals surface area contributed by atoms with E-state index < -0.39 is 23.6 Å². The lowest BCUT2D eigenvalue weighted by Gasteiger charge is -2.22. The number of anilines is 1. The number of halogens is 4. The zero-order chi connectivity index (χ0) is 23.9. The number of amides is 1. The fourth-order valence-electron chi connectivity index (χ4n) is 3.93. The molecule has 0 unspecified atom stereocenters. The highest BCUT2D eigenvalue weighted by atomic mass is 19.4. The van der Waals surface area contributed by atoms with E-state index in [9.17, 15) is 22.4 Å². The molecule has 1 amide bonds. The maximum absolute atomic E-state index is 14.1. The Hall–Kier alpha value is -3.42. The number of nitrogens with one attached hydrogen (secondary N) is 1. The zero-order valence-electron chi connectivity index (χ0n) is 18.3. The van der Waals surface area contributed by atoms with Crippen LogP contribution in [0.4, 0.5) is 23.2 Å². The van der Waals surface area contributed by atoms with Gasteiger partial charge in [-0.25, -0.2) is 4.98 Å². The molecule has 33 heavy (non-hydrogen) atoms. The second-order valence-electron chi connectivity index (χ2n) is 8.25. The van der Waals surface area contributed by atoms with Crippen LogP contribution in [0.5, 0.6) is 11.5 Å². The van der Waals surface area contributed by atoms with Gasteiger partial charge in [0, 0.05) is 5.69 Å². The molecule has 0 saturated heterocycles. The van der Waals surface area contributed by atoms with Crippen molar-refractivity contribution in [3.8, 4) is 11.5 Å². The number of pyridine rings is 1. The number of aromatic nitrogens is 1. The number of carbonyl (C=O) groups is 1. The Morgan fingerprint density at radius 2 is 1.79 bits per heavy atom. The predicted octanol–water partition coefficient (Wildman–Crippen LogP) is 7.09. The third kappa shape index (κ3) is 4.84. The van der Waals surface area contributed by atoms with Crippen LogP contribution in [-0.4, -0.2) is 10.9 Å². The summed E-state index contributed by atoms with van der Waals surface area (Å²) in [7, 11) is 0. The van der Waals surface area contributed by atoms with E-state index in [0.717, 1.165) is 11.6 Å². The summed E-state index contributed by atoms with van der Waals surface area (Å²) in [6.45, 7) is 4.64. The van der Waals surface area contributed by atoms with E-state index in [1.54, 1.807) is 18.2 Å². The normalized spacial score (nSPS) is 13.7. The van der Waals surface area contributed by atoms with Crippen molar-refractivity contribution in [2.45, 2.75) is 45.7 Å². The summed E-state index contributed by atoms with van der Waals surface area (Å²) >= 11 is 0. The molecule has 3 aromatic rings. The first-order chi connectivity index (χ1) is 15.5. The molecule has 1 aromatic heterocycles. The number of hydrogen-bond acceptors (Lipinski definition) is 3. The minimum absolute atomic E-state index is 0.0240. The number of carbonyl (C=O) groups excluding carboxylic acids is 1. The van der Waals surface area contributed by atoms with Gasteiger partial charge in [0.05, 0.1) is 16.8 Å². The van der Waals surface area contributed by atoms with E-state index in [2.05, 4.69) is 10.3 Å². The summed E-state index contributed by atoms with van der Waals surface area (Å²) in [5.74, 6) is -1.55. The average Bonchev–Trinajstić information content (AvgIpc) is 3.54. The molecule has 1 aliphatic rings. The van der Waals surface area contributed by atoms with Crippen molar-refractivity contribution in [2.24, 2.45) is 0 Å². The van der Waals surface area contributed by atoms with Gasteiger partial charge < -0.3 is 10.1 Å². The Labute approximate surface area is 188 Å². The van der Waals surface area contributed by atoms with E-state index in [-0.39, 0.29) is 39.8 Å². The first-order valence-corrected chi connectivity index (χ1v) is 10.5. The predicted molar refractivity (Wildman–Crippen MR) is 116 cm³/mol. The van der Waals surface area contributed by atoms with Gasteiger partial charge in [0.25, 0.3) is 5.91 Å². The molecule has 0 radical (unpaired) electrons. The van der Waals surface area contributed by atoms with Crippen molar-refractivity contribution in [1.29, 1.82) is 0 Å². The summed E-state index contributed by atoms with van der Waals surface area (Å²) in [4.78, 5) is 16.9. The van der Waals surface area contributed by atoms with E-state index in [0.29, 0.717) is 18.5 Å². The third-order valence-electron chi connectivity index (χ3n) is 5.60. The number of hydrogen-bond donors (Lipinski definition) is 1. The van der Waals surface area contributed by atoms with Crippen molar-refractivity contribution in [2.75, 3.05) is 5.32 Å². The minimum atomic E-state index is -4.63. The lowest BCUT2D eigenvalue weighted by molar-refractivity contribution is -0.138. The molecule has 172 valence electrons. The summed E-state index contributed by atoms with van der Waals surface area (Å²) in [5, 5.41) is 2.67. The highest BCUT2D eigenvalue weighted by molar-refractivity contribution is 6.07. The molecule has 0 atom stereocenters. The SMILES string of the molecule is Cc1cccc(NC(=O)c2c(Oc3ccc(F)nc3C)cc(C3CC3)c(C(F)(F)F)c2C)c1. The molecule has 1 fully saturated rings. The van der Waals surface area contributed by atoms with Gasteiger partial charge in [-0.3, -0.25) is 4.79 Å². The molecular weight excluding hydrogens is 436 g/mol. The molecule has 4 rings (SSSR count). The first-order valence-electron chi connectivity index (χ1n) is 10.5. The Bertz CT molecular complexity index is 1230. The monoisotopic (exact) mass is 458 g/mol. The largest absolute Gasteiger partial charge is 0.455 e. The van der Waals surface area contributed by atoms with Crippen molar-refractivity contribution < 1.29 is 27.1 Å². The van der Waals surface area contributed by atoms with Crippen LogP contribution >= 0.6 is 0 Å². The number of ether oxygens (including phenoxy) is 1. The molecule has 8 heteroatoms. The molecular formula is C25H22F4N2O2. The number of nitrogens with zero attached hydrogens (tertiary/aromatic N) is 1. The summed E-state index contributed by atoms with van der Waals surface area (Å²) in [6, 6.07) is 10.7. The Kier molecular flexibility index (Phi) is 5.86. The number of aryl methyl sites for hydroxylation is 2. The minimum Gasteiger partial charge on any atom is -0.455 e. The molecule has 0 aliphatic heterocycles. The van der Waals surface area contributed by atoms with Crippen LogP contribution in [0.2, 0.25) is 0 Å². The lowest BCUT2D eigenvalue weighted by Crippen LogP contribution is -2.20. The van der Waals surface area contributed by atoms with Crippen LogP contribution in [0, 0.1) is 26.7 Å². The Balaban J connectivity index is 1.86. The van der Waals surface area contributed by atoms with Gasteiger partial charge in [-0.1, -0.05) is 12.1 Å². The molecule has 1 aliphatic carbocycles. The van der Waals surface area contributed by atoms with Crippen LogP contribution in [-0.2, 0) is 6.18 Å². The molecule has 1 heterocycles. The van der Waals surface area contributed by atoms with Crippen molar-refractivity contribution in [3.05, 3.63) is 81.9 Å². The second-order valence-corrected chi connectivity index (χ2v) is 8.25. The quantitative estimate of drug-likeness (QED) is 0.328. The maximum atomic E-state index is 14.1. The van der Waals surface area contributed by atoms with Crippen LogP contribution < -0.4 is 10.1 Å². The smallest absolute Gasteiger partial charge is 0.416 e. The van der Waals surface area contributed by atoms with Crippen molar-refractivity contribution >= 4 is 11.6 Å². The number of rotatable bonds is 5. The molecule has 0 spiro atoms. The standard InChI is InChI=1S/C25H22F4N2O2/c1-13-5-4-6-17(11-13)31-24(32)22-14(2)23(25(27,28)29)18(16-7-8-16)12-20(22)33-19-9-10-21(26)30-15(19)3/h4-6,9-12,16H,7-8H2,1-3H3,(H,31,32). The maximum Gasteiger partial charge on any atom is 0.416 e.